The minimum absolute atomic E-state index is 0.448. The van der Waals surface area contributed by atoms with Gasteiger partial charge < -0.3 is 0 Å². The highest BCUT2D eigenvalue weighted by molar-refractivity contribution is 4.89. The summed E-state index contributed by atoms with van der Waals surface area (Å²) in [5, 5.41) is 0. The lowest BCUT2D eigenvalue weighted by Gasteiger charge is -2.45. The third kappa shape index (κ3) is 13.0. The maximum atomic E-state index is 2.51. The molecule has 0 aromatic heterocycles. The summed E-state index contributed by atoms with van der Waals surface area (Å²) in [6.07, 6.45) is 27.4. The van der Waals surface area contributed by atoms with E-state index in [1.807, 2.05) is 0 Å². The summed E-state index contributed by atoms with van der Waals surface area (Å²) >= 11 is 0. The molecule has 0 aliphatic carbocycles. The monoisotopic (exact) mass is 380 g/mol. The lowest BCUT2D eigenvalue weighted by Crippen LogP contribution is -2.35. The average molecular weight is 381 g/mol. The Labute approximate surface area is 174 Å². The number of hydrogen-bond acceptors (Lipinski definition) is 0. The van der Waals surface area contributed by atoms with Crippen LogP contribution < -0.4 is 0 Å². The molecule has 0 aliphatic rings. The van der Waals surface area contributed by atoms with Crippen LogP contribution in [-0.2, 0) is 0 Å². The van der Waals surface area contributed by atoms with Crippen LogP contribution in [0.1, 0.15) is 164 Å². The summed E-state index contributed by atoms with van der Waals surface area (Å²) in [6, 6.07) is 0. The fraction of sp³-hybridized carbons (Fsp3) is 1.00. The maximum Gasteiger partial charge on any atom is -0.0251 e. The van der Waals surface area contributed by atoms with Gasteiger partial charge in [-0.25, -0.2) is 0 Å². The quantitative estimate of drug-likeness (QED) is 0.195. The normalized spacial score (nSPS) is 12.7. The van der Waals surface area contributed by atoms with Crippen molar-refractivity contribution in [3.63, 3.8) is 0 Å². The fourth-order valence-electron chi connectivity index (χ4n) is 4.95. The molecule has 0 aromatic carbocycles. The Hall–Kier alpha value is 0. The van der Waals surface area contributed by atoms with Crippen molar-refractivity contribution in [1.82, 2.24) is 0 Å². The molecule has 0 unspecified atom stereocenters. The molecule has 0 bridgehead atoms. The molecule has 0 saturated carbocycles. The van der Waals surface area contributed by atoms with Crippen LogP contribution in [0.15, 0.2) is 0 Å². The van der Waals surface area contributed by atoms with E-state index >= 15 is 0 Å². The van der Waals surface area contributed by atoms with Crippen molar-refractivity contribution in [2.45, 2.75) is 164 Å². The first-order chi connectivity index (χ1) is 12.9. The molecule has 0 spiro atoms. The largest absolute Gasteiger partial charge is 0.0654 e. The van der Waals surface area contributed by atoms with Gasteiger partial charge in [0.2, 0.25) is 0 Å². The van der Waals surface area contributed by atoms with E-state index in [0.717, 1.165) is 0 Å². The molecule has 164 valence electrons. The molecule has 0 aliphatic heterocycles. The van der Waals surface area contributed by atoms with Crippen molar-refractivity contribution in [3.8, 4) is 0 Å². The Bertz CT molecular complexity index is 276. The van der Waals surface area contributed by atoms with Crippen LogP contribution in [0.4, 0.5) is 0 Å². The van der Waals surface area contributed by atoms with Crippen molar-refractivity contribution in [2.24, 2.45) is 10.8 Å². The van der Waals surface area contributed by atoms with Crippen LogP contribution in [-0.4, -0.2) is 0 Å². The van der Waals surface area contributed by atoms with Gasteiger partial charge in [-0.1, -0.05) is 144 Å². The van der Waals surface area contributed by atoms with Gasteiger partial charge >= 0.3 is 0 Å². The Morgan fingerprint density at radius 1 is 0.407 bits per heavy atom. The van der Waals surface area contributed by atoms with Crippen LogP contribution in [0, 0.1) is 10.8 Å². The molecule has 0 rings (SSSR count). The molecule has 27 heavy (non-hydrogen) atoms. The van der Waals surface area contributed by atoms with Crippen molar-refractivity contribution in [3.05, 3.63) is 0 Å². The zero-order valence-corrected chi connectivity index (χ0v) is 20.4. The molecule has 0 aromatic rings. The summed E-state index contributed by atoms with van der Waals surface area (Å²) in [5.74, 6) is 0. The predicted molar refractivity (Wildman–Crippen MR) is 127 cm³/mol. The zero-order chi connectivity index (χ0) is 20.4. The Kier molecular flexibility index (Phi) is 16.9. The number of unbranched alkanes of at least 4 members (excludes halogenated alkanes) is 14. The minimum atomic E-state index is 0.448. The summed E-state index contributed by atoms with van der Waals surface area (Å²) < 4.78 is 0. The first kappa shape index (κ1) is 27.0. The number of rotatable bonds is 19. The average Bonchev–Trinajstić information content (AvgIpc) is 2.63. The third-order valence-electron chi connectivity index (χ3n) is 7.29. The summed E-state index contributed by atoms with van der Waals surface area (Å²) in [6.45, 7) is 14.6. The molecule has 0 amide bonds. The SMILES string of the molecule is CCCCCCCCCCC(CC)(CCCCCCCCCC)C(C)(C)C. The molecular weight excluding hydrogens is 324 g/mol. The topological polar surface area (TPSA) is 0 Å². The zero-order valence-electron chi connectivity index (χ0n) is 20.4. The standard InChI is InChI=1S/C27H56/c1-7-10-12-14-16-18-20-22-24-27(9-3,26(4,5)6)25-23-21-19-17-15-13-11-8-2/h7-25H2,1-6H3. The van der Waals surface area contributed by atoms with Gasteiger partial charge in [-0.05, 0) is 30.1 Å². The molecular formula is C27H56. The van der Waals surface area contributed by atoms with Gasteiger partial charge in [-0.3, -0.25) is 0 Å². The highest BCUT2D eigenvalue weighted by Crippen LogP contribution is 2.49. The first-order valence-electron chi connectivity index (χ1n) is 12.9. The van der Waals surface area contributed by atoms with E-state index in [2.05, 4.69) is 41.5 Å². The Balaban J connectivity index is 4.10. The van der Waals surface area contributed by atoms with Crippen LogP contribution >= 0.6 is 0 Å². The molecule has 0 radical (unpaired) electrons. The molecule has 0 N–H and O–H groups in total. The second-order valence-corrected chi connectivity index (χ2v) is 10.3. The lowest BCUT2D eigenvalue weighted by atomic mass is 9.60. The summed E-state index contributed by atoms with van der Waals surface area (Å²) in [4.78, 5) is 0. The first-order valence-corrected chi connectivity index (χ1v) is 12.9. The van der Waals surface area contributed by atoms with E-state index < -0.39 is 0 Å². The van der Waals surface area contributed by atoms with Gasteiger partial charge in [0, 0.05) is 0 Å². The van der Waals surface area contributed by atoms with Crippen LogP contribution in [0.3, 0.4) is 0 Å². The highest BCUT2D eigenvalue weighted by Gasteiger charge is 2.38. The molecule has 0 heteroatoms. The summed E-state index contributed by atoms with van der Waals surface area (Å²) in [5.41, 5.74) is 1.02. The second-order valence-electron chi connectivity index (χ2n) is 10.3. The molecule has 0 nitrogen and oxygen atoms in total. The van der Waals surface area contributed by atoms with Gasteiger partial charge in [0.1, 0.15) is 0 Å². The van der Waals surface area contributed by atoms with Crippen LogP contribution in [0.5, 0.6) is 0 Å². The van der Waals surface area contributed by atoms with Crippen LogP contribution in [0.25, 0.3) is 0 Å². The Morgan fingerprint density at radius 3 is 0.963 bits per heavy atom. The van der Waals surface area contributed by atoms with Crippen molar-refractivity contribution >= 4 is 0 Å². The van der Waals surface area contributed by atoms with E-state index in [-0.39, 0.29) is 0 Å². The number of hydrogen-bond donors (Lipinski definition) is 0. The van der Waals surface area contributed by atoms with Crippen molar-refractivity contribution < 1.29 is 0 Å². The summed E-state index contributed by atoms with van der Waals surface area (Å²) in [7, 11) is 0. The van der Waals surface area contributed by atoms with Crippen LogP contribution in [0.2, 0.25) is 0 Å². The van der Waals surface area contributed by atoms with Crippen molar-refractivity contribution in [2.75, 3.05) is 0 Å². The lowest BCUT2D eigenvalue weighted by molar-refractivity contribution is 0.0512. The van der Waals surface area contributed by atoms with Gasteiger partial charge in [0.15, 0.2) is 0 Å². The Morgan fingerprint density at radius 2 is 0.704 bits per heavy atom. The molecule has 0 fully saturated rings. The van der Waals surface area contributed by atoms with E-state index in [1.54, 1.807) is 0 Å². The third-order valence-corrected chi connectivity index (χ3v) is 7.29. The smallest absolute Gasteiger partial charge is 0.0251 e. The second kappa shape index (κ2) is 16.9. The van der Waals surface area contributed by atoms with Gasteiger partial charge in [0.05, 0.1) is 0 Å². The molecule has 0 atom stereocenters. The van der Waals surface area contributed by atoms with E-state index in [1.165, 1.54) is 122 Å². The highest BCUT2D eigenvalue weighted by atomic mass is 14.4. The predicted octanol–water partition coefficient (Wildman–Crippen LogP) is 10.5. The minimum Gasteiger partial charge on any atom is -0.0654 e. The maximum absolute atomic E-state index is 2.51. The van der Waals surface area contributed by atoms with E-state index in [9.17, 15) is 0 Å². The van der Waals surface area contributed by atoms with E-state index in [0.29, 0.717) is 10.8 Å². The van der Waals surface area contributed by atoms with Gasteiger partial charge in [0.25, 0.3) is 0 Å². The molecule has 0 heterocycles. The van der Waals surface area contributed by atoms with E-state index in [4.69, 9.17) is 0 Å². The fourth-order valence-corrected chi connectivity index (χ4v) is 4.95. The van der Waals surface area contributed by atoms with Gasteiger partial charge in [-0.2, -0.15) is 0 Å². The molecule has 0 saturated heterocycles. The van der Waals surface area contributed by atoms with Gasteiger partial charge in [-0.15, -0.1) is 0 Å². The van der Waals surface area contributed by atoms with Crippen molar-refractivity contribution in [1.29, 1.82) is 0 Å².